The van der Waals surface area contributed by atoms with Crippen molar-refractivity contribution < 1.29 is 31.9 Å². The highest BCUT2D eigenvalue weighted by Crippen LogP contribution is 2.33. The summed E-state index contributed by atoms with van der Waals surface area (Å²) in [5, 5.41) is 11.7. The zero-order chi connectivity index (χ0) is 29.7. The van der Waals surface area contributed by atoms with Crippen molar-refractivity contribution in [2.24, 2.45) is 0 Å². The van der Waals surface area contributed by atoms with E-state index in [1.54, 1.807) is 25.1 Å². The molecule has 0 aliphatic heterocycles. The Bertz CT molecular complexity index is 1710. The summed E-state index contributed by atoms with van der Waals surface area (Å²) in [4.78, 5) is 22.1. The van der Waals surface area contributed by atoms with Crippen molar-refractivity contribution in [3.63, 3.8) is 0 Å². The van der Waals surface area contributed by atoms with Crippen molar-refractivity contribution in [2.75, 3.05) is 29.8 Å². The first-order valence-corrected chi connectivity index (χ1v) is 15.0. The molecule has 0 spiro atoms. The Labute approximate surface area is 252 Å². The lowest BCUT2D eigenvalue weighted by Gasteiger charge is -2.16. The fraction of sp³-hybridized carbons (Fsp3) is 0.200. The second-order valence-electron chi connectivity index (χ2n) is 8.49. The molecule has 3 aromatic carbocycles. The van der Waals surface area contributed by atoms with Gasteiger partial charge in [-0.25, -0.2) is 19.2 Å². The minimum atomic E-state index is -3.85. The lowest BCUT2D eigenvalue weighted by molar-refractivity contribution is 0.0169. The van der Waals surface area contributed by atoms with Gasteiger partial charge >= 0.3 is 0 Å². The van der Waals surface area contributed by atoms with Gasteiger partial charge in [-0.1, -0.05) is 30.7 Å². The summed E-state index contributed by atoms with van der Waals surface area (Å²) < 4.78 is 61.6. The van der Waals surface area contributed by atoms with E-state index >= 15 is 4.39 Å². The number of rotatable bonds is 12. The molecular weight excluding hydrogens is 697 g/mol. The lowest BCUT2D eigenvalue weighted by atomic mass is 10.1. The van der Waals surface area contributed by atoms with Crippen LogP contribution in [0, 0.1) is 15.2 Å². The van der Waals surface area contributed by atoms with Crippen LogP contribution in [0.3, 0.4) is 0 Å². The molecule has 0 saturated carbocycles. The SMILES string of the molecule is CCNS(=O)(=O)Nc1cccc(Cn2cnc3c(F)c(Nc4ccc(I)cc4F)c(C(=O)NOCCO)cc32)c1Cl. The van der Waals surface area contributed by atoms with Crippen molar-refractivity contribution in [1.29, 1.82) is 0 Å². The van der Waals surface area contributed by atoms with Gasteiger partial charge in [0.2, 0.25) is 0 Å². The van der Waals surface area contributed by atoms with Gasteiger partial charge < -0.3 is 15.0 Å². The van der Waals surface area contributed by atoms with Crippen LogP contribution in [0.1, 0.15) is 22.8 Å². The number of hydroxylamine groups is 1. The van der Waals surface area contributed by atoms with E-state index in [0.717, 1.165) is 0 Å². The van der Waals surface area contributed by atoms with Gasteiger partial charge in [-0.2, -0.15) is 13.1 Å². The van der Waals surface area contributed by atoms with Crippen molar-refractivity contribution >= 4 is 78.4 Å². The van der Waals surface area contributed by atoms with Crippen LogP contribution in [0.4, 0.5) is 25.8 Å². The van der Waals surface area contributed by atoms with E-state index in [0.29, 0.717) is 9.13 Å². The van der Waals surface area contributed by atoms with Gasteiger partial charge in [-0.3, -0.25) is 14.4 Å². The molecule has 41 heavy (non-hydrogen) atoms. The molecule has 0 radical (unpaired) electrons. The average Bonchev–Trinajstić information content (AvgIpc) is 3.31. The second kappa shape index (κ2) is 13.3. The highest BCUT2D eigenvalue weighted by atomic mass is 127. The predicted molar refractivity (Wildman–Crippen MR) is 159 cm³/mol. The van der Waals surface area contributed by atoms with Gasteiger partial charge in [-0.05, 0) is 58.5 Å². The number of carbonyl (C=O) groups is 1. The smallest absolute Gasteiger partial charge is 0.299 e. The Balaban J connectivity index is 1.76. The molecule has 11 nitrogen and oxygen atoms in total. The van der Waals surface area contributed by atoms with Crippen LogP contribution in [0.15, 0.2) is 48.8 Å². The number of benzene rings is 3. The maximum Gasteiger partial charge on any atom is 0.299 e. The van der Waals surface area contributed by atoms with Crippen molar-refractivity contribution in [2.45, 2.75) is 13.5 Å². The topological polar surface area (TPSA) is 147 Å². The Morgan fingerprint density at radius 3 is 2.68 bits per heavy atom. The molecule has 4 rings (SSSR count). The number of halogens is 4. The van der Waals surface area contributed by atoms with Crippen molar-refractivity contribution in [3.8, 4) is 0 Å². The van der Waals surface area contributed by atoms with E-state index in [4.69, 9.17) is 21.5 Å². The molecule has 1 heterocycles. The van der Waals surface area contributed by atoms with Crippen LogP contribution in [0.2, 0.25) is 5.02 Å². The zero-order valence-corrected chi connectivity index (χ0v) is 25.1. The number of amides is 1. The summed E-state index contributed by atoms with van der Waals surface area (Å²) in [5.74, 6) is -2.45. The van der Waals surface area contributed by atoms with Crippen LogP contribution >= 0.6 is 34.2 Å². The van der Waals surface area contributed by atoms with E-state index in [1.807, 2.05) is 22.6 Å². The highest BCUT2D eigenvalue weighted by molar-refractivity contribution is 14.1. The van der Waals surface area contributed by atoms with Gasteiger partial charge in [-0.15, -0.1) is 0 Å². The van der Waals surface area contributed by atoms with E-state index < -0.39 is 27.8 Å². The summed E-state index contributed by atoms with van der Waals surface area (Å²) in [6, 6.07) is 10.3. The summed E-state index contributed by atoms with van der Waals surface area (Å²) in [5.41, 5.74) is 2.17. The number of nitrogens with zero attached hydrogens (tertiary/aromatic N) is 2. The van der Waals surface area contributed by atoms with Gasteiger partial charge in [0, 0.05) is 10.1 Å². The summed E-state index contributed by atoms with van der Waals surface area (Å²) >= 11 is 8.43. The lowest BCUT2D eigenvalue weighted by Crippen LogP contribution is -2.29. The Morgan fingerprint density at radius 1 is 1.20 bits per heavy atom. The molecule has 4 aromatic rings. The van der Waals surface area contributed by atoms with E-state index in [2.05, 4.69) is 25.2 Å². The standard InChI is InChI=1S/C25H24ClF2IN6O5S/c1-2-31-41(38,39)34-19-5-3-4-14(21(19)26)12-35-13-30-24-20(35)11-16(25(37)33-40-9-8-36)23(22(24)28)32-18-7-6-15(29)10-17(18)27/h3-7,10-11,13,31-32,34,36H,2,8-9,12H2,1H3,(H,33,37). The summed E-state index contributed by atoms with van der Waals surface area (Å²) in [6.45, 7) is 1.25. The fourth-order valence-corrected chi connectivity index (χ4v) is 5.52. The first-order valence-electron chi connectivity index (χ1n) is 12.0. The number of aromatic nitrogens is 2. The molecule has 0 saturated heterocycles. The number of aliphatic hydroxyl groups excluding tert-OH is 1. The Hall–Kier alpha value is -3.09. The molecule has 0 atom stereocenters. The monoisotopic (exact) mass is 720 g/mol. The molecule has 0 aliphatic rings. The second-order valence-corrected chi connectivity index (χ2v) is 11.6. The maximum atomic E-state index is 15.9. The quantitative estimate of drug-likeness (QED) is 0.0835. The molecule has 16 heteroatoms. The Morgan fingerprint density at radius 2 is 1.98 bits per heavy atom. The van der Waals surface area contributed by atoms with Crippen LogP contribution < -0.4 is 20.2 Å². The minimum Gasteiger partial charge on any atom is -0.394 e. The third kappa shape index (κ3) is 7.22. The average molecular weight is 721 g/mol. The minimum absolute atomic E-state index is 0.0339. The van der Waals surface area contributed by atoms with Gasteiger partial charge in [0.1, 0.15) is 11.3 Å². The normalized spacial score (nSPS) is 11.6. The number of hydrogen-bond acceptors (Lipinski definition) is 7. The number of aliphatic hydroxyl groups is 1. The number of carbonyl (C=O) groups excluding carboxylic acids is 1. The van der Waals surface area contributed by atoms with Crippen molar-refractivity contribution in [1.82, 2.24) is 19.8 Å². The Kier molecular flexibility index (Phi) is 9.98. The van der Waals surface area contributed by atoms with Crippen LogP contribution in [-0.4, -0.2) is 48.7 Å². The number of nitrogens with one attached hydrogen (secondary N) is 4. The molecule has 1 amide bonds. The third-order valence-electron chi connectivity index (χ3n) is 5.65. The fourth-order valence-electron chi connectivity index (χ4n) is 3.86. The van der Waals surface area contributed by atoms with Gasteiger partial charge in [0.15, 0.2) is 5.82 Å². The van der Waals surface area contributed by atoms with Crippen LogP contribution in [0.25, 0.3) is 11.0 Å². The molecule has 1 aromatic heterocycles. The van der Waals surface area contributed by atoms with Crippen LogP contribution in [-0.2, 0) is 21.6 Å². The molecule has 0 bridgehead atoms. The predicted octanol–water partition coefficient (Wildman–Crippen LogP) is 4.28. The van der Waals surface area contributed by atoms with Crippen molar-refractivity contribution in [3.05, 3.63) is 80.1 Å². The van der Waals surface area contributed by atoms with E-state index in [9.17, 15) is 17.6 Å². The molecule has 0 aliphatic carbocycles. The first kappa shape index (κ1) is 30.9. The first-order chi connectivity index (χ1) is 19.5. The van der Waals surface area contributed by atoms with Gasteiger partial charge in [0.25, 0.3) is 16.1 Å². The molecule has 0 unspecified atom stereocenters. The number of imidazole rings is 1. The zero-order valence-electron chi connectivity index (χ0n) is 21.3. The molecular formula is C25H24ClF2IN6O5S. The molecule has 5 N–H and O–H groups in total. The van der Waals surface area contributed by atoms with Gasteiger partial charge in [0.05, 0.1) is 59.3 Å². The third-order valence-corrected chi connectivity index (χ3v) is 7.92. The number of anilines is 3. The van der Waals surface area contributed by atoms with E-state index in [1.165, 1.54) is 35.2 Å². The van der Waals surface area contributed by atoms with Crippen LogP contribution in [0.5, 0.6) is 0 Å². The molecule has 218 valence electrons. The summed E-state index contributed by atoms with van der Waals surface area (Å²) in [7, 11) is -3.85. The molecule has 0 fully saturated rings. The van der Waals surface area contributed by atoms with E-state index in [-0.39, 0.29) is 65.0 Å². The number of hydrogen-bond donors (Lipinski definition) is 5. The largest absolute Gasteiger partial charge is 0.394 e. The summed E-state index contributed by atoms with van der Waals surface area (Å²) in [6.07, 6.45) is 1.33. The number of fused-ring (bicyclic) bond motifs is 1. The highest BCUT2D eigenvalue weighted by Gasteiger charge is 2.23. The maximum absolute atomic E-state index is 15.9.